The van der Waals surface area contributed by atoms with Crippen LogP contribution >= 0.6 is 15.9 Å². The highest BCUT2D eigenvalue weighted by molar-refractivity contribution is 9.10. The van der Waals surface area contributed by atoms with Crippen LogP contribution in [0.2, 0.25) is 0 Å². The zero-order valence-electron chi connectivity index (χ0n) is 11.3. The van der Waals surface area contributed by atoms with Crippen LogP contribution in [0.5, 0.6) is 5.75 Å². The highest BCUT2D eigenvalue weighted by Crippen LogP contribution is 2.29. The van der Waals surface area contributed by atoms with Gasteiger partial charge >= 0.3 is 5.97 Å². The first kappa shape index (κ1) is 16.9. The van der Waals surface area contributed by atoms with Crippen molar-refractivity contribution in [2.24, 2.45) is 0 Å². The van der Waals surface area contributed by atoms with Gasteiger partial charge in [0.25, 0.3) is 0 Å². The largest absolute Gasteiger partial charge is 0.493 e. The number of carbonyl (C=O) groups is 1. The van der Waals surface area contributed by atoms with Crippen molar-refractivity contribution >= 4 is 31.9 Å². The molecule has 1 aromatic carbocycles. The monoisotopic (exact) mass is 365 g/mol. The van der Waals surface area contributed by atoms with Gasteiger partial charge in [0, 0.05) is 7.05 Å². The first-order chi connectivity index (χ1) is 9.21. The second-order valence-corrected chi connectivity index (χ2v) is 6.91. The maximum Gasteiger partial charge on any atom is 0.321 e. The molecule has 0 spiro atoms. The van der Waals surface area contributed by atoms with Crippen LogP contribution in [0.1, 0.15) is 13.8 Å². The van der Waals surface area contributed by atoms with Gasteiger partial charge in [0.1, 0.15) is 11.8 Å². The van der Waals surface area contributed by atoms with E-state index in [1.54, 1.807) is 0 Å². The minimum atomic E-state index is -3.87. The molecule has 0 aliphatic heterocycles. The summed E-state index contributed by atoms with van der Waals surface area (Å²) in [5.74, 6) is -0.679. The summed E-state index contributed by atoms with van der Waals surface area (Å²) in [6.07, 6.45) is 0. The number of benzene rings is 1. The first-order valence-corrected chi connectivity index (χ1v) is 8.08. The number of hydrogen-bond acceptors (Lipinski definition) is 4. The summed E-state index contributed by atoms with van der Waals surface area (Å²) in [5, 5.41) is 8.90. The average Bonchev–Trinajstić information content (AvgIpc) is 2.39. The van der Waals surface area contributed by atoms with Crippen molar-refractivity contribution in [2.75, 3.05) is 13.7 Å². The van der Waals surface area contributed by atoms with E-state index in [2.05, 4.69) is 15.9 Å². The number of carboxylic acid groups (broad SMARTS) is 1. The van der Waals surface area contributed by atoms with Crippen molar-refractivity contribution in [1.29, 1.82) is 0 Å². The first-order valence-electron chi connectivity index (χ1n) is 5.85. The molecule has 1 aromatic rings. The lowest BCUT2D eigenvalue weighted by molar-refractivity contribution is -0.140. The quantitative estimate of drug-likeness (QED) is 0.832. The van der Waals surface area contributed by atoms with Gasteiger partial charge in [-0.15, -0.1) is 0 Å². The van der Waals surface area contributed by atoms with Gasteiger partial charge in [0.2, 0.25) is 10.0 Å². The number of ether oxygens (including phenoxy) is 1. The van der Waals surface area contributed by atoms with E-state index >= 15 is 0 Å². The number of nitrogens with zero attached hydrogens (tertiary/aromatic N) is 1. The number of hydrogen-bond donors (Lipinski definition) is 1. The second-order valence-electron chi connectivity index (χ2n) is 4.06. The molecule has 112 valence electrons. The molecule has 1 N–H and O–H groups in total. The molecule has 1 atom stereocenters. The van der Waals surface area contributed by atoms with E-state index in [0.29, 0.717) is 16.8 Å². The average molecular weight is 366 g/mol. The predicted octanol–water partition coefficient (Wildman–Crippen LogP) is 1.94. The smallest absolute Gasteiger partial charge is 0.321 e. The van der Waals surface area contributed by atoms with E-state index < -0.39 is 22.0 Å². The molecule has 0 aromatic heterocycles. The summed E-state index contributed by atoms with van der Waals surface area (Å²) in [5.41, 5.74) is 0. The fraction of sp³-hybridized carbons (Fsp3) is 0.417. The summed E-state index contributed by atoms with van der Waals surface area (Å²) in [4.78, 5) is 10.9. The lowest BCUT2D eigenvalue weighted by Crippen LogP contribution is -2.40. The van der Waals surface area contributed by atoms with Crippen LogP contribution in [0.3, 0.4) is 0 Å². The molecule has 0 bridgehead atoms. The van der Waals surface area contributed by atoms with E-state index in [-0.39, 0.29) is 4.90 Å². The van der Waals surface area contributed by atoms with Crippen LogP contribution in [0.15, 0.2) is 27.6 Å². The Morgan fingerprint density at radius 2 is 2.10 bits per heavy atom. The van der Waals surface area contributed by atoms with Crippen LogP contribution < -0.4 is 4.74 Å². The highest BCUT2D eigenvalue weighted by atomic mass is 79.9. The molecule has 1 unspecified atom stereocenters. The maximum absolute atomic E-state index is 12.3. The van der Waals surface area contributed by atoms with Crippen molar-refractivity contribution < 1.29 is 23.1 Å². The summed E-state index contributed by atoms with van der Waals surface area (Å²) < 4.78 is 31.2. The molecule has 0 heterocycles. The molecule has 0 aliphatic carbocycles. The molecule has 0 aliphatic rings. The number of rotatable bonds is 6. The van der Waals surface area contributed by atoms with Crippen LogP contribution in [-0.4, -0.2) is 43.5 Å². The molecule has 0 saturated carbocycles. The molecule has 0 radical (unpaired) electrons. The molecular formula is C12H16BrNO5S. The highest BCUT2D eigenvalue weighted by Gasteiger charge is 2.29. The Hall–Kier alpha value is -1.12. The van der Waals surface area contributed by atoms with Gasteiger partial charge < -0.3 is 9.84 Å². The fourth-order valence-electron chi connectivity index (χ4n) is 1.44. The van der Waals surface area contributed by atoms with Crippen molar-refractivity contribution in [2.45, 2.75) is 24.8 Å². The van der Waals surface area contributed by atoms with Crippen molar-refractivity contribution in [3.8, 4) is 5.75 Å². The Kier molecular flexibility index (Phi) is 5.55. The number of carboxylic acids is 1. The minimum Gasteiger partial charge on any atom is -0.493 e. The van der Waals surface area contributed by atoms with E-state index in [0.717, 1.165) is 4.31 Å². The summed E-state index contributed by atoms with van der Waals surface area (Å²) >= 11 is 3.23. The predicted molar refractivity (Wildman–Crippen MR) is 77.4 cm³/mol. The van der Waals surface area contributed by atoms with Gasteiger partial charge in [-0.25, -0.2) is 8.42 Å². The van der Waals surface area contributed by atoms with Crippen LogP contribution in [0, 0.1) is 0 Å². The van der Waals surface area contributed by atoms with E-state index in [1.807, 2.05) is 6.92 Å². The second kappa shape index (κ2) is 6.55. The normalized spacial score (nSPS) is 13.2. The Bertz CT molecular complexity index is 602. The van der Waals surface area contributed by atoms with Crippen molar-refractivity contribution in [3.05, 3.63) is 22.7 Å². The minimum absolute atomic E-state index is 0.00317. The van der Waals surface area contributed by atoms with E-state index in [4.69, 9.17) is 9.84 Å². The van der Waals surface area contributed by atoms with Crippen molar-refractivity contribution in [3.63, 3.8) is 0 Å². The third-order valence-electron chi connectivity index (χ3n) is 2.78. The fourth-order valence-corrected chi connectivity index (χ4v) is 3.44. The Morgan fingerprint density at radius 1 is 1.50 bits per heavy atom. The maximum atomic E-state index is 12.3. The molecule has 8 heteroatoms. The van der Waals surface area contributed by atoms with Crippen molar-refractivity contribution in [1.82, 2.24) is 4.31 Å². The third-order valence-corrected chi connectivity index (χ3v) is 5.33. The molecule has 1 rings (SSSR count). The van der Waals surface area contributed by atoms with Gasteiger partial charge in [0.15, 0.2) is 0 Å². The lowest BCUT2D eigenvalue weighted by atomic mass is 10.3. The van der Waals surface area contributed by atoms with Gasteiger partial charge in [-0.1, -0.05) is 0 Å². The molecular weight excluding hydrogens is 350 g/mol. The summed E-state index contributed by atoms with van der Waals surface area (Å²) in [7, 11) is -2.64. The number of sulfonamides is 1. The van der Waals surface area contributed by atoms with Gasteiger partial charge in [-0.3, -0.25) is 4.79 Å². The van der Waals surface area contributed by atoms with Gasteiger partial charge in [-0.05, 0) is 48.0 Å². The zero-order chi connectivity index (χ0) is 15.5. The molecule has 6 nitrogen and oxygen atoms in total. The van der Waals surface area contributed by atoms with Gasteiger partial charge in [0.05, 0.1) is 16.0 Å². The standard InChI is InChI=1S/C12H16BrNO5S/c1-4-19-11-6-5-9(7-10(11)13)20(17,18)14(3)8(2)12(15)16/h5-8H,4H2,1-3H3,(H,15,16). The number of aliphatic carboxylic acids is 1. The lowest BCUT2D eigenvalue weighted by Gasteiger charge is -2.21. The third kappa shape index (κ3) is 3.50. The Labute approximate surface area is 126 Å². The molecule has 0 amide bonds. The Morgan fingerprint density at radius 3 is 2.55 bits per heavy atom. The topological polar surface area (TPSA) is 83.9 Å². The van der Waals surface area contributed by atoms with E-state index in [1.165, 1.54) is 32.2 Å². The SMILES string of the molecule is CCOc1ccc(S(=O)(=O)N(C)C(C)C(=O)O)cc1Br. The Balaban J connectivity index is 3.16. The molecule has 0 saturated heterocycles. The summed E-state index contributed by atoms with van der Waals surface area (Å²) in [6.45, 7) is 3.59. The summed E-state index contributed by atoms with van der Waals surface area (Å²) in [6, 6.07) is 3.16. The van der Waals surface area contributed by atoms with Crippen LogP contribution in [0.25, 0.3) is 0 Å². The van der Waals surface area contributed by atoms with Crippen LogP contribution in [-0.2, 0) is 14.8 Å². The van der Waals surface area contributed by atoms with Gasteiger partial charge in [-0.2, -0.15) is 4.31 Å². The zero-order valence-corrected chi connectivity index (χ0v) is 13.7. The molecule has 0 fully saturated rings. The van der Waals surface area contributed by atoms with E-state index in [9.17, 15) is 13.2 Å². The van der Waals surface area contributed by atoms with Crippen LogP contribution in [0.4, 0.5) is 0 Å². The molecule has 20 heavy (non-hydrogen) atoms. The number of likely N-dealkylation sites (N-methyl/N-ethyl adjacent to an activating group) is 1. The number of halogens is 1.